The summed E-state index contributed by atoms with van der Waals surface area (Å²) in [6, 6.07) is 3.10. The van der Waals surface area contributed by atoms with Gasteiger partial charge in [0.2, 0.25) is 0 Å². The van der Waals surface area contributed by atoms with Crippen molar-refractivity contribution < 1.29 is 33.2 Å². The lowest BCUT2D eigenvalue weighted by Gasteiger charge is -2.47. The Kier molecular flexibility index (Phi) is 10.7. The number of aliphatic hydroxyl groups excluding tert-OH is 1. The Labute approximate surface area is 234 Å². The summed E-state index contributed by atoms with van der Waals surface area (Å²) in [5.41, 5.74) is 1.68. The standard InChI is InChI=1S/C30H48NO7P/c1-9-11-12-13-22-17-25-27(23-16-20(5)14-15-24(23)30(7,8)37-25)26(18-22)38-39(34,29(33)36-19(3)4)31-21(6)28(32)35-10-2/h16-19,21,23-24,28,32H,9-15H2,1-8H3,(H,31,34). The van der Waals surface area contributed by atoms with Gasteiger partial charge in [0.05, 0.1) is 12.1 Å². The van der Waals surface area contributed by atoms with Gasteiger partial charge in [-0.25, -0.2) is 14.4 Å². The summed E-state index contributed by atoms with van der Waals surface area (Å²) in [4.78, 5) is 13.3. The highest BCUT2D eigenvalue weighted by Gasteiger charge is 2.47. The molecule has 0 fully saturated rings. The molecule has 1 aliphatic heterocycles. The van der Waals surface area contributed by atoms with E-state index in [1.165, 1.54) is 5.57 Å². The Bertz CT molecular complexity index is 1080. The lowest BCUT2D eigenvalue weighted by molar-refractivity contribution is -0.109. The lowest BCUT2D eigenvalue weighted by Crippen LogP contribution is -2.45. The first-order valence-electron chi connectivity index (χ1n) is 14.4. The molecule has 0 aromatic heterocycles. The van der Waals surface area contributed by atoms with Gasteiger partial charge in [-0.1, -0.05) is 31.4 Å². The minimum atomic E-state index is -4.34. The molecule has 0 saturated heterocycles. The number of carbonyl (C=O) groups is 1. The largest absolute Gasteiger partial charge is 0.487 e. The van der Waals surface area contributed by atoms with Crippen LogP contribution in [0.2, 0.25) is 0 Å². The topological polar surface area (TPSA) is 103 Å². The number of nitrogens with one attached hydrogen (secondary N) is 1. The van der Waals surface area contributed by atoms with Gasteiger partial charge in [0.15, 0.2) is 6.29 Å². The Morgan fingerprint density at radius 2 is 1.95 bits per heavy atom. The summed E-state index contributed by atoms with van der Waals surface area (Å²) in [5, 5.41) is 13.1. The van der Waals surface area contributed by atoms with E-state index >= 15 is 0 Å². The van der Waals surface area contributed by atoms with E-state index in [2.05, 4.69) is 44.9 Å². The van der Waals surface area contributed by atoms with Crippen LogP contribution >= 0.6 is 7.52 Å². The van der Waals surface area contributed by atoms with Crippen LogP contribution in [0.5, 0.6) is 11.5 Å². The lowest BCUT2D eigenvalue weighted by atomic mass is 9.68. The molecule has 39 heavy (non-hydrogen) atoms. The van der Waals surface area contributed by atoms with E-state index in [9.17, 15) is 14.5 Å². The third kappa shape index (κ3) is 7.66. The van der Waals surface area contributed by atoms with E-state index in [0.717, 1.165) is 49.7 Å². The second-order valence-corrected chi connectivity index (χ2v) is 13.6. The quantitative estimate of drug-likeness (QED) is 0.110. The fourth-order valence-corrected chi connectivity index (χ4v) is 7.21. The van der Waals surface area contributed by atoms with Crippen molar-refractivity contribution in [2.75, 3.05) is 6.61 Å². The van der Waals surface area contributed by atoms with Gasteiger partial charge in [0.25, 0.3) is 0 Å². The smallest absolute Gasteiger partial charge is 0.424 e. The van der Waals surface area contributed by atoms with Gasteiger partial charge in [-0.15, -0.1) is 0 Å². The van der Waals surface area contributed by atoms with Crippen LogP contribution in [-0.4, -0.2) is 41.5 Å². The van der Waals surface area contributed by atoms with Crippen LogP contribution in [0.15, 0.2) is 23.8 Å². The van der Waals surface area contributed by atoms with Gasteiger partial charge in [-0.3, -0.25) is 0 Å². The summed E-state index contributed by atoms with van der Waals surface area (Å²) >= 11 is 0. The highest BCUT2D eigenvalue weighted by Crippen LogP contribution is 2.57. The zero-order chi connectivity index (χ0) is 29.0. The molecule has 0 radical (unpaired) electrons. The van der Waals surface area contributed by atoms with Crippen LogP contribution in [0, 0.1) is 5.92 Å². The van der Waals surface area contributed by atoms with Gasteiger partial charge < -0.3 is 23.8 Å². The first-order valence-corrected chi connectivity index (χ1v) is 16.0. The molecule has 2 aliphatic rings. The molecule has 1 aromatic carbocycles. The molecule has 0 bridgehead atoms. The normalized spacial score (nSPS) is 23.0. The van der Waals surface area contributed by atoms with Gasteiger partial charge >= 0.3 is 13.2 Å². The molecule has 2 N–H and O–H groups in total. The van der Waals surface area contributed by atoms with E-state index in [1.807, 2.05) is 6.07 Å². The molecule has 0 amide bonds. The van der Waals surface area contributed by atoms with Crippen molar-refractivity contribution in [3.63, 3.8) is 0 Å². The highest BCUT2D eigenvalue weighted by molar-refractivity contribution is 7.74. The average molecular weight is 566 g/mol. The van der Waals surface area contributed by atoms with Crippen LogP contribution in [-0.2, 0) is 20.5 Å². The summed E-state index contributed by atoms with van der Waals surface area (Å²) in [7, 11) is -4.34. The van der Waals surface area contributed by atoms with Crippen LogP contribution < -0.4 is 14.3 Å². The fraction of sp³-hybridized carbons (Fsp3) is 0.700. The van der Waals surface area contributed by atoms with Crippen molar-refractivity contribution in [1.29, 1.82) is 0 Å². The predicted molar refractivity (Wildman–Crippen MR) is 154 cm³/mol. The second kappa shape index (κ2) is 13.2. The minimum absolute atomic E-state index is 0.0156. The van der Waals surface area contributed by atoms with Crippen LogP contribution in [0.4, 0.5) is 4.79 Å². The summed E-state index contributed by atoms with van der Waals surface area (Å²) in [5.74, 6) is 1.22. The van der Waals surface area contributed by atoms with Crippen LogP contribution in [0.3, 0.4) is 0 Å². The third-order valence-electron chi connectivity index (χ3n) is 7.52. The zero-order valence-corrected chi connectivity index (χ0v) is 25.8. The molecule has 0 spiro atoms. The third-order valence-corrected chi connectivity index (χ3v) is 9.31. The van der Waals surface area contributed by atoms with Crippen molar-refractivity contribution in [1.82, 2.24) is 5.09 Å². The molecule has 9 heteroatoms. The molecule has 3 rings (SSSR count). The average Bonchev–Trinajstić information content (AvgIpc) is 2.83. The maximum atomic E-state index is 14.3. The summed E-state index contributed by atoms with van der Waals surface area (Å²) in [6.45, 7) is 15.5. The van der Waals surface area contributed by atoms with E-state index in [-0.39, 0.29) is 18.4 Å². The Hall–Kier alpha value is -1.86. The number of unbranched alkanes of at least 4 members (excludes halogenated alkanes) is 2. The number of ether oxygens (including phenoxy) is 3. The number of hydrogen-bond donors (Lipinski definition) is 2. The van der Waals surface area contributed by atoms with Gasteiger partial charge in [0.1, 0.15) is 17.1 Å². The van der Waals surface area contributed by atoms with Crippen molar-refractivity contribution in [2.24, 2.45) is 5.92 Å². The minimum Gasteiger partial charge on any atom is -0.487 e. The van der Waals surface area contributed by atoms with Crippen molar-refractivity contribution in [3.05, 3.63) is 34.9 Å². The van der Waals surface area contributed by atoms with Gasteiger partial charge in [0, 0.05) is 24.0 Å². The first-order chi connectivity index (χ1) is 18.3. The zero-order valence-electron chi connectivity index (χ0n) is 24.9. The maximum absolute atomic E-state index is 14.3. The number of carbonyl (C=O) groups excluding carboxylic acids is 1. The summed E-state index contributed by atoms with van der Waals surface area (Å²) < 4.78 is 37.8. The fourth-order valence-electron chi connectivity index (χ4n) is 5.53. The Morgan fingerprint density at radius 1 is 1.23 bits per heavy atom. The molecule has 220 valence electrons. The van der Waals surface area contributed by atoms with E-state index in [1.54, 1.807) is 27.7 Å². The molecule has 1 aromatic rings. The number of aryl methyl sites for hydroxylation is 1. The van der Waals surface area contributed by atoms with E-state index < -0.39 is 37.3 Å². The van der Waals surface area contributed by atoms with Crippen molar-refractivity contribution in [2.45, 2.75) is 124 Å². The summed E-state index contributed by atoms with van der Waals surface area (Å²) in [6.07, 6.45) is 6.38. The second-order valence-electron chi connectivity index (χ2n) is 11.7. The number of allylic oxidation sites excluding steroid dienone is 2. The van der Waals surface area contributed by atoms with Crippen LogP contribution in [0.1, 0.15) is 105 Å². The SMILES string of the molecule is CCCCCc1cc2c(c(OP(=O)(NC(C)C(O)OCC)C(=O)OC(C)C)c1)C1C=C(C)CCC1C(C)(C)O2. The monoisotopic (exact) mass is 565 g/mol. The van der Waals surface area contributed by atoms with E-state index in [4.69, 9.17) is 18.7 Å². The number of hydrogen-bond acceptors (Lipinski definition) is 7. The number of rotatable bonds is 13. The van der Waals surface area contributed by atoms with Gasteiger partial charge in [-0.05, 0) is 91.8 Å². The van der Waals surface area contributed by atoms with Gasteiger partial charge in [-0.2, -0.15) is 0 Å². The maximum Gasteiger partial charge on any atom is 0.424 e. The number of aliphatic hydroxyl groups is 1. The molecule has 1 heterocycles. The molecule has 1 aliphatic carbocycles. The van der Waals surface area contributed by atoms with E-state index in [0.29, 0.717) is 11.5 Å². The van der Waals surface area contributed by atoms with Crippen molar-refractivity contribution >= 4 is 13.2 Å². The molecule has 5 unspecified atom stereocenters. The number of benzene rings is 1. The molecule has 5 atom stereocenters. The predicted octanol–water partition coefficient (Wildman–Crippen LogP) is 7.48. The van der Waals surface area contributed by atoms with Crippen molar-refractivity contribution in [3.8, 4) is 11.5 Å². The number of fused-ring (bicyclic) bond motifs is 3. The van der Waals surface area contributed by atoms with Crippen LogP contribution in [0.25, 0.3) is 0 Å². The molecule has 0 saturated carbocycles. The Morgan fingerprint density at radius 3 is 2.59 bits per heavy atom. The first kappa shape index (κ1) is 31.7. The molecular weight excluding hydrogens is 517 g/mol. The molecular formula is C30H48NO7P. The molecule has 8 nitrogen and oxygen atoms in total. The Balaban J connectivity index is 2.13. The highest BCUT2D eigenvalue weighted by atomic mass is 31.2.